The fourth-order valence-electron chi connectivity index (χ4n) is 2.03. The summed E-state index contributed by atoms with van der Waals surface area (Å²) in [5, 5.41) is 7.92. The maximum Gasteiger partial charge on any atom is 0.263 e. The van der Waals surface area contributed by atoms with Crippen LogP contribution in [0.1, 0.15) is 26.1 Å². The summed E-state index contributed by atoms with van der Waals surface area (Å²) in [6, 6.07) is 5.68. The summed E-state index contributed by atoms with van der Waals surface area (Å²) in [7, 11) is 0. The minimum atomic E-state index is -0.106. The SMILES string of the molecule is Cc1nc(C)c(C(=O)NCc2cccc3ncnn23)s1. The van der Waals surface area contributed by atoms with Crippen LogP contribution in [0.5, 0.6) is 0 Å². The molecule has 6 nitrogen and oxygen atoms in total. The average Bonchev–Trinajstić information content (AvgIpc) is 3.02. The first kappa shape index (κ1) is 12.7. The zero-order valence-corrected chi connectivity index (χ0v) is 11.9. The lowest BCUT2D eigenvalue weighted by molar-refractivity contribution is 0.0953. The van der Waals surface area contributed by atoms with Gasteiger partial charge in [-0.3, -0.25) is 4.79 Å². The summed E-state index contributed by atoms with van der Waals surface area (Å²) in [6.07, 6.45) is 1.50. The normalized spacial score (nSPS) is 10.9. The zero-order chi connectivity index (χ0) is 14.1. The van der Waals surface area contributed by atoms with E-state index in [1.165, 1.54) is 17.7 Å². The van der Waals surface area contributed by atoms with E-state index in [0.717, 1.165) is 22.0 Å². The molecule has 3 rings (SSSR count). The molecule has 0 aliphatic heterocycles. The highest BCUT2D eigenvalue weighted by atomic mass is 32.1. The van der Waals surface area contributed by atoms with Crippen molar-refractivity contribution in [3.8, 4) is 0 Å². The number of nitrogens with one attached hydrogen (secondary N) is 1. The molecular weight excluding hydrogens is 274 g/mol. The van der Waals surface area contributed by atoms with Crippen LogP contribution >= 0.6 is 11.3 Å². The quantitative estimate of drug-likeness (QED) is 0.796. The molecule has 0 radical (unpaired) electrons. The van der Waals surface area contributed by atoms with Gasteiger partial charge in [-0.25, -0.2) is 14.5 Å². The molecule has 20 heavy (non-hydrogen) atoms. The third kappa shape index (κ3) is 2.27. The summed E-state index contributed by atoms with van der Waals surface area (Å²) in [6.45, 7) is 4.14. The zero-order valence-electron chi connectivity index (χ0n) is 11.1. The van der Waals surface area contributed by atoms with Gasteiger partial charge in [-0.05, 0) is 26.0 Å². The Labute approximate surface area is 119 Å². The smallest absolute Gasteiger partial charge is 0.263 e. The van der Waals surface area contributed by atoms with Gasteiger partial charge < -0.3 is 5.32 Å². The Kier molecular flexibility index (Phi) is 3.19. The van der Waals surface area contributed by atoms with Crippen molar-refractivity contribution in [1.82, 2.24) is 24.9 Å². The van der Waals surface area contributed by atoms with Gasteiger partial charge in [0.25, 0.3) is 5.91 Å². The number of hydrogen-bond donors (Lipinski definition) is 1. The molecule has 0 aliphatic rings. The van der Waals surface area contributed by atoms with Gasteiger partial charge in [-0.15, -0.1) is 11.3 Å². The monoisotopic (exact) mass is 287 g/mol. The van der Waals surface area contributed by atoms with Crippen LogP contribution in [-0.2, 0) is 6.54 Å². The Bertz CT molecular complexity index is 776. The Morgan fingerprint density at radius 2 is 2.25 bits per heavy atom. The topological polar surface area (TPSA) is 72.2 Å². The number of pyridine rings is 1. The van der Waals surface area contributed by atoms with Crippen LogP contribution < -0.4 is 5.32 Å². The van der Waals surface area contributed by atoms with Crippen LogP contribution in [0, 0.1) is 13.8 Å². The van der Waals surface area contributed by atoms with E-state index in [0.29, 0.717) is 11.4 Å². The Balaban J connectivity index is 1.78. The van der Waals surface area contributed by atoms with E-state index in [9.17, 15) is 4.79 Å². The van der Waals surface area contributed by atoms with Crippen molar-refractivity contribution >= 4 is 22.9 Å². The lowest BCUT2D eigenvalue weighted by Crippen LogP contribution is -2.23. The van der Waals surface area contributed by atoms with Crippen molar-refractivity contribution in [2.45, 2.75) is 20.4 Å². The molecule has 3 heterocycles. The number of hydrogen-bond acceptors (Lipinski definition) is 5. The minimum Gasteiger partial charge on any atom is -0.346 e. The van der Waals surface area contributed by atoms with Crippen LogP contribution in [0.4, 0.5) is 0 Å². The fourth-order valence-corrected chi connectivity index (χ4v) is 2.86. The van der Waals surface area contributed by atoms with Gasteiger partial charge in [-0.2, -0.15) is 5.10 Å². The van der Waals surface area contributed by atoms with E-state index in [-0.39, 0.29) is 5.91 Å². The predicted molar refractivity (Wildman–Crippen MR) is 75.7 cm³/mol. The van der Waals surface area contributed by atoms with Gasteiger partial charge in [0, 0.05) is 0 Å². The molecule has 3 aromatic rings. The first-order valence-electron chi connectivity index (χ1n) is 6.15. The highest BCUT2D eigenvalue weighted by Gasteiger charge is 2.13. The van der Waals surface area contributed by atoms with Gasteiger partial charge in [0.1, 0.15) is 11.2 Å². The van der Waals surface area contributed by atoms with Crippen molar-refractivity contribution in [1.29, 1.82) is 0 Å². The van der Waals surface area contributed by atoms with E-state index in [2.05, 4.69) is 20.4 Å². The fraction of sp³-hybridized carbons (Fsp3) is 0.231. The van der Waals surface area contributed by atoms with Gasteiger partial charge in [0.2, 0.25) is 0 Å². The first-order valence-corrected chi connectivity index (χ1v) is 6.96. The summed E-state index contributed by atoms with van der Waals surface area (Å²) in [5.41, 5.74) is 2.41. The van der Waals surface area contributed by atoms with E-state index >= 15 is 0 Å². The summed E-state index contributed by atoms with van der Waals surface area (Å²) in [4.78, 5) is 21.2. The lowest BCUT2D eigenvalue weighted by atomic mass is 10.3. The molecule has 0 aromatic carbocycles. The van der Waals surface area contributed by atoms with Crippen molar-refractivity contribution < 1.29 is 4.79 Å². The summed E-state index contributed by atoms with van der Waals surface area (Å²) < 4.78 is 1.71. The third-order valence-corrected chi connectivity index (χ3v) is 3.99. The molecule has 1 amide bonds. The summed E-state index contributed by atoms with van der Waals surface area (Å²) >= 11 is 1.40. The number of thiazole rings is 1. The minimum absolute atomic E-state index is 0.106. The number of fused-ring (bicyclic) bond motifs is 1. The van der Waals surface area contributed by atoms with Gasteiger partial charge in [0.05, 0.1) is 22.9 Å². The molecule has 1 N–H and O–H groups in total. The van der Waals surface area contributed by atoms with E-state index in [1.54, 1.807) is 4.52 Å². The summed E-state index contributed by atoms with van der Waals surface area (Å²) in [5.74, 6) is -0.106. The number of nitrogens with zero attached hydrogens (tertiary/aromatic N) is 4. The highest BCUT2D eigenvalue weighted by Crippen LogP contribution is 2.16. The Morgan fingerprint density at radius 3 is 3.00 bits per heavy atom. The molecule has 102 valence electrons. The van der Waals surface area contributed by atoms with Crippen molar-refractivity contribution in [2.24, 2.45) is 0 Å². The molecule has 0 saturated heterocycles. The number of carbonyl (C=O) groups excluding carboxylic acids is 1. The number of aromatic nitrogens is 4. The Hall–Kier alpha value is -2.28. The second-order valence-corrected chi connectivity index (χ2v) is 5.58. The number of rotatable bonds is 3. The van der Waals surface area contributed by atoms with Crippen molar-refractivity contribution in [3.63, 3.8) is 0 Å². The molecule has 0 atom stereocenters. The van der Waals surface area contributed by atoms with Crippen molar-refractivity contribution in [2.75, 3.05) is 0 Å². The molecule has 0 unspecified atom stereocenters. The standard InChI is InChI=1S/C13H13N5OS/c1-8-12(20-9(2)17-8)13(19)14-6-10-4-3-5-11-15-7-16-18(10)11/h3-5,7H,6H2,1-2H3,(H,14,19). The molecule has 0 saturated carbocycles. The van der Waals surface area contributed by atoms with Crippen molar-refractivity contribution in [3.05, 3.63) is 45.8 Å². The molecule has 0 spiro atoms. The third-order valence-electron chi connectivity index (χ3n) is 2.92. The number of carbonyl (C=O) groups is 1. The van der Waals surface area contributed by atoms with E-state index in [4.69, 9.17) is 0 Å². The van der Waals surface area contributed by atoms with Crippen LogP contribution in [0.2, 0.25) is 0 Å². The second-order valence-electron chi connectivity index (χ2n) is 4.38. The predicted octanol–water partition coefficient (Wildman–Crippen LogP) is 1.73. The van der Waals surface area contributed by atoms with Gasteiger partial charge >= 0.3 is 0 Å². The number of amides is 1. The molecular formula is C13H13N5OS. The Morgan fingerprint density at radius 1 is 1.40 bits per heavy atom. The molecule has 0 aliphatic carbocycles. The van der Waals surface area contributed by atoms with E-state index in [1.807, 2.05) is 32.0 Å². The van der Waals surface area contributed by atoms with Crippen LogP contribution in [-0.4, -0.2) is 25.5 Å². The number of aryl methyl sites for hydroxylation is 2. The molecule has 7 heteroatoms. The van der Waals surface area contributed by atoms with Gasteiger partial charge in [-0.1, -0.05) is 6.07 Å². The van der Waals surface area contributed by atoms with Crippen LogP contribution in [0.15, 0.2) is 24.5 Å². The highest BCUT2D eigenvalue weighted by molar-refractivity contribution is 7.13. The second kappa shape index (κ2) is 5.01. The molecule has 3 aromatic heterocycles. The molecule has 0 fully saturated rings. The van der Waals surface area contributed by atoms with Crippen LogP contribution in [0.25, 0.3) is 5.65 Å². The molecule has 0 bridgehead atoms. The maximum absolute atomic E-state index is 12.1. The van der Waals surface area contributed by atoms with E-state index < -0.39 is 0 Å². The first-order chi connectivity index (χ1) is 9.65. The maximum atomic E-state index is 12.1. The average molecular weight is 287 g/mol. The van der Waals surface area contributed by atoms with Gasteiger partial charge in [0.15, 0.2) is 5.65 Å². The van der Waals surface area contributed by atoms with Crippen LogP contribution in [0.3, 0.4) is 0 Å². The largest absolute Gasteiger partial charge is 0.346 e. The lowest BCUT2D eigenvalue weighted by Gasteiger charge is -2.06.